The van der Waals surface area contributed by atoms with E-state index in [0.717, 1.165) is 12.1 Å². The van der Waals surface area contributed by atoms with E-state index < -0.39 is 35.9 Å². The standard InChI is InChI=1S/C18H21F3N4O4/c1-9-3-4-11(17(29,8-27)18(19,20)21)5-12(9)13-6-23-15(22)14(25-13)16(28)24-10(2)7-26/h3-6,10,26-27,29H,7-8H2,1-2H3,(H2,22,23)(H,24,28)/t10-,17-/m1/s1. The summed E-state index contributed by atoms with van der Waals surface area (Å²) >= 11 is 0. The van der Waals surface area contributed by atoms with Crippen molar-refractivity contribution in [2.24, 2.45) is 0 Å². The molecule has 6 N–H and O–H groups in total. The molecule has 0 saturated carbocycles. The molecule has 1 heterocycles. The zero-order valence-corrected chi connectivity index (χ0v) is 15.7. The van der Waals surface area contributed by atoms with Crippen LogP contribution in [0, 0.1) is 6.92 Å². The average molecular weight is 414 g/mol. The SMILES string of the molecule is Cc1ccc([C@](O)(CO)C(F)(F)F)cc1-c1cnc(N)c(C(=O)N[C@H](C)CO)n1. The zero-order chi connectivity index (χ0) is 22.0. The Hall–Kier alpha value is -2.76. The van der Waals surface area contributed by atoms with Crippen LogP contribution in [-0.2, 0) is 5.60 Å². The summed E-state index contributed by atoms with van der Waals surface area (Å²) in [4.78, 5) is 20.2. The number of aromatic nitrogens is 2. The van der Waals surface area contributed by atoms with Gasteiger partial charge < -0.3 is 26.4 Å². The highest BCUT2D eigenvalue weighted by atomic mass is 19.4. The number of carbonyl (C=O) groups is 1. The first kappa shape index (κ1) is 22.5. The second-order valence-electron chi connectivity index (χ2n) is 6.59. The number of aliphatic hydroxyl groups is 3. The normalized spacial score (nSPS) is 14.9. The molecule has 29 heavy (non-hydrogen) atoms. The van der Waals surface area contributed by atoms with Gasteiger partial charge in [-0.25, -0.2) is 9.97 Å². The number of nitrogens with two attached hydrogens (primary N) is 1. The minimum atomic E-state index is -5.12. The molecule has 0 unspecified atom stereocenters. The highest BCUT2D eigenvalue weighted by Gasteiger charge is 2.54. The van der Waals surface area contributed by atoms with Crippen molar-refractivity contribution in [2.45, 2.75) is 31.7 Å². The molecule has 0 aliphatic heterocycles. The van der Waals surface area contributed by atoms with Crippen LogP contribution in [0.2, 0.25) is 0 Å². The minimum absolute atomic E-state index is 0.0443. The second-order valence-corrected chi connectivity index (χ2v) is 6.59. The zero-order valence-electron chi connectivity index (χ0n) is 15.7. The first-order chi connectivity index (χ1) is 13.4. The first-order valence-corrected chi connectivity index (χ1v) is 8.50. The Morgan fingerprint density at radius 2 is 1.97 bits per heavy atom. The van der Waals surface area contributed by atoms with E-state index in [1.54, 1.807) is 13.8 Å². The van der Waals surface area contributed by atoms with Gasteiger partial charge >= 0.3 is 6.18 Å². The predicted octanol–water partition coefficient (Wildman–Crippen LogP) is 0.887. The number of nitrogens with one attached hydrogen (secondary N) is 1. The van der Waals surface area contributed by atoms with E-state index in [9.17, 15) is 28.2 Å². The van der Waals surface area contributed by atoms with Crippen LogP contribution < -0.4 is 11.1 Å². The van der Waals surface area contributed by atoms with E-state index >= 15 is 0 Å². The van der Waals surface area contributed by atoms with Crippen molar-refractivity contribution in [1.29, 1.82) is 0 Å². The Morgan fingerprint density at radius 1 is 1.31 bits per heavy atom. The fourth-order valence-electron chi connectivity index (χ4n) is 2.53. The van der Waals surface area contributed by atoms with Gasteiger partial charge in [-0.15, -0.1) is 0 Å². The highest BCUT2D eigenvalue weighted by Crippen LogP contribution is 2.40. The Balaban J connectivity index is 2.56. The summed E-state index contributed by atoms with van der Waals surface area (Å²) in [6.45, 7) is 1.25. The lowest BCUT2D eigenvalue weighted by atomic mass is 9.90. The summed E-state index contributed by atoms with van der Waals surface area (Å²) in [6.07, 6.45) is -3.94. The number of alkyl halides is 3. The van der Waals surface area contributed by atoms with Crippen molar-refractivity contribution in [3.8, 4) is 11.3 Å². The molecule has 0 bridgehead atoms. The van der Waals surface area contributed by atoms with Crippen LogP contribution in [0.4, 0.5) is 19.0 Å². The Labute approximate surface area is 164 Å². The molecular formula is C18H21F3N4O4. The molecule has 0 aliphatic carbocycles. The maximum Gasteiger partial charge on any atom is 0.423 e. The lowest BCUT2D eigenvalue weighted by molar-refractivity contribution is -0.277. The molecule has 1 aromatic heterocycles. The molecule has 2 rings (SSSR count). The van der Waals surface area contributed by atoms with Crippen LogP contribution >= 0.6 is 0 Å². The van der Waals surface area contributed by atoms with E-state index in [-0.39, 0.29) is 29.4 Å². The van der Waals surface area contributed by atoms with E-state index in [0.29, 0.717) is 5.56 Å². The van der Waals surface area contributed by atoms with E-state index in [4.69, 9.17) is 10.8 Å². The number of nitrogens with zero attached hydrogens (tertiary/aromatic N) is 2. The van der Waals surface area contributed by atoms with Crippen molar-refractivity contribution < 1.29 is 33.3 Å². The molecule has 0 spiro atoms. The van der Waals surface area contributed by atoms with Gasteiger partial charge in [-0.2, -0.15) is 13.2 Å². The van der Waals surface area contributed by atoms with Gasteiger partial charge in [-0.3, -0.25) is 4.79 Å². The third-order valence-corrected chi connectivity index (χ3v) is 4.36. The third-order valence-electron chi connectivity index (χ3n) is 4.36. The van der Waals surface area contributed by atoms with E-state index in [1.165, 1.54) is 12.3 Å². The molecule has 8 nitrogen and oxygen atoms in total. The molecular weight excluding hydrogens is 393 g/mol. The van der Waals surface area contributed by atoms with Crippen molar-refractivity contribution in [2.75, 3.05) is 18.9 Å². The minimum Gasteiger partial charge on any atom is -0.394 e. The lowest BCUT2D eigenvalue weighted by Gasteiger charge is -2.29. The van der Waals surface area contributed by atoms with Gasteiger partial charge in [0.15, 0.2) is 11.5 Å². The summed E-state index contributed by atoms with van der Waals surface area (Å²) in [7, 11) is 0. The van der Waals surface area contributed by atoms with Crippen LogP contribution in [0.15, 0.2) is 24.4 Å². The summed E-state index contributed by atoms with van der Waals surface area (Å²) in [6, 6.07) is 2.81. The Kier molecular flexibility index (Phi) is 6.46. The monoisotopic (exact) mass is 414 g/mol. The summed E-state index contributed by atoms with van der Waals surface area (Å²) in [5.74, 6) is -0.915. The van der Waals surface area contributed by atoms with Crippen molar-refractivity contribution in [3.63, 3.8) is 0 Å². The largest absolute Gasteiger partial charge is 0.423 e. The molecule has 11 heteroatoms. The molecule has 1 aromatic carbocycles. The van der Waals surface area contributed by atoms with Gasteiger partial charge in [-0.1, -0.05) is 12.1 Å². The number of aryl methyl sites for hydroxylation is 1. The summed E-state index contributed by atoms with van der Waals surface area (Å²) in [5, 5.41) is 30.7. The quantitative estimate of drug-likeness (QED) is 0.473. The number of halogens is 3. The van der Waals surface area contributed by atoms with Crippen LogP contribution in [0.3, 0.4) is 0 Å². The Bertz CT molecular complexity index is 907. The number of nitrogen functional groups attached to an aromatic ring is 1. The number of hydrogen-bond acceptors (Lipinski definition) is 7. The van der Waals surface area contributed by atoms with E-state index in [1.807, 2.05) is 0 Å². The van der Waals surface area contributed by atoms with Gasteiger partial charge in [-0.05, 0) is 31.0 Å². The van der Waals surface area contributed by atoms with Crippen molar-refractivity contribution >= 4 is 11.7 Å². The van der Waals surface area contributed by atoms with Gasteiger partial charge in [0.1, 0.15) is 0 Å². The smallest absolute Gasteiger partial charge is 0.394 e. The lowest BCUT2D eigenvalue weighted by Crippen LogP contribution is -2.45. The predicted molar refractivity (Wildman–Crippen MR) is 97.7 cm³/mol. The number of benzene rings is 1. The third kappa shape index (κ3) is 4.47. The fraction of sp³-hybridized carbons (Fsp3) is 0.389. The van der Waals surface area contributed by atoms with Crippen LogP contribution in [0.1, 0.15) is 28.5 Å². The number of carbonyl (C=O) groups excluding carboxylic acids is 1. The molecule has 2 atom stereocenters. The molecule has 0 saturated heterocycles. The molecule has 158 valence electrons. The summed E-state index contributed by atoms with van der Waals surface area (Å²) < 4.78 is 39.8. The van der Waals surface area contributed by atoms with Crippen LogP contribution in [-0.4, -0.2) is 56.6 Å². The molecule has 1 amide bonds. The maximum atomic E-state index is 13.3. The topological polar surface area (TPSA) is 142 Å². The number of amides is 1. The van der Waals surface area contributed by atoms with Crippen molar-refractivity contribution in [3.05, 3.63) is 41.2 Å². The van der Waals surface area contributed by atoms with Crippen LogP contribution in [0.25, 0.3) is 11.3 Å². The van der Waals surface area contributed by atoms with E-state index in [2.05, 4.69) is 15.3 Å². The number of rotatable bonds is 6. The summed E-state index contributed by atoms with van der Waals surface area (Å²) in [5.41, 5.74) is 2.06. The molecule has 0 fully saturated rings. The van der Waals surface area contributed by atoms with Gasteiger partial charge in [0.2, 0.25) is 5.60 Å². The number of hydrogen-bond donors (Lipinski definition) is 5. The highest BCUT2D eigenvalue weighted by molar-refractivity contribution is 5.97. The average Bonchev–Trinajstić information content (AvgIpc) is 2.67. The Morgan fingerprint density at radius 3 is 2.52 bits per heavy atom. The number of aliphatic hydroxyl groups excluding tert-OH is 2. The van der Waals surface area contributed by atoms with Gasteiger partial charge in [0.25, 0.3) is 5.91 Å². The first-order valence-electron chi connectivity index (χ1n) is 8.50. The molecule has 2 aromatic rings. The maximum absolute atomic E-state index is 13.3. The number of anilines is 1. The van der Waals surface area contributed by atoms with Gasteiger partial charge in [0, 0.05) is 11.6 Å². The molecule has 0 aliphatic rings. The van der Waals surface area contributed by atoms with Crippen LogP contribution in [0.5, 0.6) is 0 Å². The van der Waals surface area contributed by atoms with Crippen molar-refractivity contribution in [1.82, 2.24) is 15.3 Å². The molecule has 0 radical (unpaired) electrons. The fourth-order valence-corrected chi connectivity index (χ4v) is 2.53. The van der Waals surface area contributed by atoms with Gasteiger partial charge in [0.05, 0.1) is 25.1 Å². The second kappa shape index (κ2) is 8.31.